The molecule has 0 unspecified atom stereocenters. The lowest BCUT2D eigenvalue weighted by Crippen LogP contribution is -2.42. The van der Waals surface area contributed by atoms with E-state index < -0.39 is 15.9 Å². The first-order valence-electron chi connectivity index (χ1n) is 11.4. The maximum absolute atomic E-state index is 13.7. The number of ether oxygens (including phenoxy) is 2. The van der Waals surface area contributed by atoms with Gasteiger partial charge in [0.1, 0.15) is 6.54 Å². The number of amides is 1. The average molecular weight is 497 g/mol. The molecule has 1 amide bonds. The van der Waals surface area contributed by atoms with Crippen LogP contribution in [0.25, 0.3) is 0 Å². The van der Waals surface area contributed by atoms with Crippen LogP contribution < -0.4 is 19.1 Å². The summed E-state index contributed by atoms with van der Waals surface area (Å²) in [4.78, 5) is 13.2. The molecular formula is C27H32N2O5S. The maximum atomic E-state index is 13.7. The molecule has 0 heterocycles. The van der Waals surface area contributed by atoms with Crippen LogP contribution in [0.15, 0.2) is 83.8 Å². The minimum Gasteiger partial charge on any atom is -0.493 e. The van der Waals surface area contributed by atoms with Gasteiger partial charge in [0.2, 0.25) is 5.91 Å². The van der Waals surface area contributed by atoms with Gasteiger partial charge in [-0.25, -0.2) is 8.42 Å². The van der Waals surface area contributed by atoms with Crippen LogP contribution in [0.3, 0.4) is 0 Å². The van der Waals surface area contributed by atoms with Gasteiger partial charge in [-0.1, -0.05) is 62.4 Å². The molecular weight excluding hydrogens is 464 g/mol. The minimum atomic E-state index is -4.09. The molecule has 8 heteroatoms. The van der Waals surface area contributed by atoms with Crippen molar-refractivity contribution < 1.29 is 22.7 Å². The summed E-state index contributed by atoms with van der Waals surface area (Å²) >= 11 is 0. The van der Waals surface area contributed by atoms with E-state index in [1.165, 1.54) is 32.4 Å². The Balaban J connectivity index is 1.94. The average Bonchev–Trinajstić information content (AvgIpc) is 2.87. The van der Waals surface area contributed by atoms with Crippen LogP contribution >= 0.6 is 0 Å². The van der Waals surface area contributed by atoms with Crippen LogP contribution in [-0.2, 0) is 14.8 Å². The van der Waals surface area contributed by atoms with Gasteiger partial charge >= 0.3 is 0 Å². The third kappa shape index (κ3) is 6.54. The molecule has 0 spiro atoms. The number of carbonyl (C=O) groups excluding carboxylic acids is 1. The van der Waals surface area contributed by atoms with Gasteiger partial charge in [0, 0.05) is 6.07 Å². The summed E-state index contributed by atoms with van der Waals surface area (Å²) in [5, 5.41) is 3.04. The van der Waals surface area contributed by atoms with E-state index in [0.29, 0.717) is 17.4 Å². The van der Waals surface area contributed by atoms with Crippen LogP contribution in [0.2, 0.25) is 0 Å². The topological polar surface area (TPSA) is 84.9 Å². The highest BCUT2D eigenvalue weighted by molar-refractivity contribution is 7.92. The van der Waals surface area contributed by atoms with Crippen molar-refractivity contribution in [3.8, 4) is 11.5 Å². The number of rotatable bonds is 11. The SMILES string of the molecule is COc1ccc(S(=O)(=O)N(CC(=O)N[C@@H](CC(C)C)c2ccccc2)c2ccccc2)cc1OC. The van der Waals surface area contributed by atoms with E-state index in [9.17, 15) is 13.2 Å². The lowest BCUT2D eigenvalue weighted by atomic mass is 9.97. The van der Waals surface area contributed by atoms with Crippen molar-refractivity contribution in [3.05, 3.63) is 84.4 Å². The summed E-state index contributed by atoms with van der Waals surface area (Å²) in [6.07, 6.45) is 0.726. The van der Waals surface area contributed by atoms with Gasteiger partial charge in [0.25, 0.3) is 10.0 Å². The van der Waals surface area contributed by atoms with Crippen molar-refractivity contribution in [1.82, 2.24) is 5.32 Å². The number of benzene rings is 3. The first kappa shape index (κ1) is 26.1. The van der Waals surface area contributed by atoms with Crippen molar-refractivity contribution in [2.45, 2.75) is 31.2 Å². The number of nitrogens with zero attached hydrogens (tertiary/aromatic N) is 1. The number of para-hydroxylation sites is 1. The normalized spacial score (nSPS) is 12.1. The fourth-order valence-corrected chi connectivity index (χ4v) is 5.26. The Morgan fingerprint density at radius 2 is 1.49 bits per heavy atom. The molecule has 1 atom stereocenters. The van der Waals surface area contributed by atoms with Crippen molar-refractivity contribution in [1.29, 1.82) is 0 Å². The second-order valence-corrected chi connectivity index (χ2v) is 10.4. The number of sulfonamides is 1. The van der Waals surface area contributed by atoms with Crippen LogP contribution in [0, 0.1) is 5.92 Å². The molecule has 0 bridgehead atoms. The van der Waals surface area contributed by atoms with E-state index >= 15 is 0 Å². The molecule has 0 aliphatic heterocycles. The molecule has 186 valence electrons. The van der Waals surface area contributed by atoms with Gasteiger partial charge in [-0.15, -0.1) is 0 Å². The van der Waals surface area contributed by atoms with Gasteiger partial charge in [0.15, 0.2) is 11.5 Å². The molecule has 3 aromatic carbocycles. The Morgan fingerprint density at radius 1 is 0.886 bits per heavy atom. The summed E-state index contributed by atoms with van der Waals surface area (Å²) in [6, 6.07) is 22.4. The predicted molar refractivity (Wildman–Crippen MR) is 137 cm³/mol. The zero-order valence-electron chi connectivity index (χ0n) is 20.5. The van der Waals surface area contributed by atoms with E-state index in [1.54, 1.807) is 30.3 Å². The summed E-state index contributed by atoms with van der Waals surface area (Å²) in [5.74, 6) is 0.635. The number of hydrogen-bond acceptors (Lipinski definition) is 5. The molecule has 3 aromatic rings. The van der Waals surface area contributed by atoms with Gasteiger partial charge in [-0.2, -0.15) is 0 Å². The molecule has 0 aliphatic carbocycles. The summed E-state index contributed by atoms with van der Waals surface area (Å²) < 4.78 is 39.1. The van der Waals surface area contributed by atoms with E-state index in [1.807, 2.05) is 30.3 Å². The van der Waals surface area contributed by atoms with Crippen LogP contribution in [-0.4, -0.2) is 35.1 Å². The minimum absolute atomic E-state index is 0.00593. The highest BCUT2D eigenvalue weighted by Crippen LogP contribution is 2.32. The molecule has 35 heavy (non-hydrogen) atoms. The lowest BCUT2D eigenvalue weighted by Gasteiger charge is -2.27. The Morgan fingerprint density at radius 3 is 2.06 bits per heavy atom. The van der Waals surface area contributed by atoms with Crippen LogP contribution in [0.4, 0.5) is 5.69 Å². The summed E-state index contributed by atoms with van der Waals surface area (Å²) in [7, 11) is -1.17. The quantitative estimate of drug-likeness (QED) is 0.412. The highest BCUT2D eigenvalue weighted by atomic mass is 32.2. The molecule has 0 saturated carbocycles. The Kier molecular flexibility index (Phi) is 8.76. The van der Waals surface area contributed by atoms with Gasteiger partial charge in [0.05, 0.1) is 30.8 Å². The third-order valence-electron chi connectivity index (χ3n) is 5.52. The smallest absolute Gasteiger partial charge is 0.264 e. The van der Waals surface area contributed by atoms with Crippen LogP contribution in [0.1, 0.15) is 31.9 Å². The van der Waals surface area contributed by atoms with Crippen molar-refractivity contribution in [3.63, 3.8) is 0 Å². The Hall–Kier alpha value is -3.52. The van der Waals surface area contributed by atoms with Gasteiger partial charge in [-0.05, 0) is 42.2 Å². The van der Waals surface area contributed by atoms with E-state index in [0.717, 1.165) is 16.3 Å². The Labute approximate surface area is 207 Å². The van der Waals surface area contributed by atoms with Gasteiger partial charge < -0.3 is 14.8 Å². The molecule has 0 aliphatic rings. The second kappa shape index (κ2) is 11.8. The third-order valence-corrected chi connectivity index (χ3v) is 7.29. The first-order valence-corrected chi connectivity index (χ1v) is 12.8. The number of anilines is 1. The van der Waals surface area contributed by atoms with Crippen LogP contribution in [0.5, 0.6) is 11.5 Å². The molecule has 7 nitrogen and oxygen atoms in total. The number of methoxy groups -OCH3 is 2. The van der Waals surface area contributed by atoms with E-state index in [-0.39, 0.29) is 23.2 Å². The number of carbonyl (C=O) groups is 1. The number of hydrogen-bond donors (Lipinski definition) is 1. The van der Waals surface area contributed by atoms with Crippen molar-refractivity contribution in [2.75, 3.05) is 25.1 Å². The first-order chi connectivity index (χ1) is 16.8. The lowest BCUT2D eigenvalue weighted by molar-refractivity contribution is -0.120. The second-order valence-electron chi connectivity index (χ2n) is 8.52. The zero-order valence-corrected chi connectivity index (χ0v) is 21.3. The van der Waals surface area contributed by atoms with Crippen molar-refractivity contribution >= 4 is 21.6 Å². The van der Waals surface area contributed by atoms with Crippen molar-refractivity contribution in [2.24, 2.45) is 5.92 Å². The summed E-state index contributed by atoms with van der Waals surface area (Å²) in [6.45, 7) is 3.79. The molecule has 0 radical (unpaired) electrons. The monoisotopic (exact) mass is 496 g/mol. The standard InChI is InChI=1S/C27H32N2O5S/c1-20(2)17-24(21-11-7-5-8-12-21)28-27(30)19-29(22-13-9-6-10-14-22)35(31,32)23-15-16-25(33-3)26(18-23)34-4/h5-16,18,20,24H,17,19H2,1-4H3,(H,28,30)/t24-/m0/s1. The molecule has 0 saturated heterocycles. The largest absolute Gasteiger partial charge is 0.493 e. The molecule has 0 aromatic heterocycles. The highest BCUT2D eigenvalue weighted by Gasteiger charge is 2.29. The molecule has 1 N–H and O–H groups in total. The molecule has 0 fully saturated rings. The van der Waals surface area contributed by atoms with E-state index in [2.05, 4.69) is 19.2 Å². The fourth-order valence-electron chi connectivity index (χ4n) is 3.82. The van der Waals surface area contributed by atoms with E-state index in [4.69, 9.17) is 9.47 Å². The summed E-state index contributed by atoms with van der Waals surface area (Å²) in [5.41, 5.74) is 1.36. The number of nitrogens with one attached hydrogen (secondary N) is 1. The Bertz CT molecular complexity index is 1210. The van der Waals surface area contributed by atoms with Gasteiger partial charge in [-0.3, -0.25) is 9.10 Å². The zero-order chi connectivity index (χ0) is 25.4. The maximum Gasteiger partial charge on any atom is 0.264 e. The fraction of sp³-hybridized carbons (Fsp3) is 0.296. The molecule has 3 rings (SSSR count). The predicted octanol–water partition coefficient (Wildman–Crippen LogP) is 4.80.